The smallest absolute Gasteiger partial charge is 0.337 e. The van der Waals surface area contributed by atoms with Crippen LogP contribution in [0.15, 0.2) is 103 Å². The predicted molar refractivity (Wildman–Crippen MR) is 158 cm³/mol. The molecule has 0 spiro atoms. The minimum atomic E-state index is -0.432. The van der Waals surface area contributed by atoms with Crippen molar-refractivity contribution in [2.24, 2.45) is 0 Å². The number of ether oxygens (including phenoxy) is 2. The number of benzene rings is 4. The van der Waals surface area contributed by atoms with Crippen molar-refractivity contribution < 1.29 is 14.3 Å². The van der Waals surface area contributed by atoms with Gasteiger partial charge in [-0.2, -0.15) is 0 Å². The van der Waals surface area contributed by atoms with Gasteiger partial charge in [0.15, 0.2) is 11.6 Å². The summed E-state index contributed by atoms with van der Waals surface area (Å²) in [5.41, 5.74) is 6.14. The van der Waals surface area contributed by atoms with Gasteiger partial charge in [0.25, 0.3) is 0 Å². The van der Waals surface area contributed by atoms with Crippen LogP contribution in [0.4, 0.5) is 0 Å². The van der Waals surface area contributed by atoms with E-state index >= 15 is 0 Å². The van der Waals surface area contributed by atoms with Crippen LogP contribution in [0.25, 0.3) is 50.8 Å². The Kier molecular flexibility index (Phi) is 6.95. The maximum absolute atomic E-state index is 12.2. The molecular weight excluding hydrogens is 514 g/mol. The van der Waals surface area contributed by atoms with Gasteiger partial charge in [-0.15, -0.1) is 5.10 Å². The monoisotopic (exact) mass is 541 g/mol. The Balaban J connectivity index is 1.40. The molecule has 0 saturated heterocycles. The second kappa shape index (κ2) is 11.0. The second-order valence-corrected chi connectivity index (χ2v) is 9.73. The summed E-state index contributed by atoms with van der Waals surface area (Å²) in [7, 11) is 1.36. The summed E-state index contributed by atoms with van der Waals surface area (Å²) < 4.78 is 12.4. The van der Waals surface area contributed by atoms with E-state index < -0.39 is 5.97 Å². The van der Waals surface area contributed by atoms with Crippen molar-refractivity contribution in [3.05, 3.63) is 109 Å². The quantitative estimate of drug-likeness (QED) is 0.206. The van der Waals surface area contributed by atoms with Gasteiger partial charge in [0.05, 0.1) is 41.7 Å². The number of carbonyl (C=O) groups is 1. The standard InChI is InChI=1S/C33H27N5O3/c1-21(2)41-27-17-15-23(16-18-27)22-11-13-24(14-12-22)31-36-32(30-20-34-28-9-4-5-10-29(28)35-30)38(37-31)26-8-6-7-25(19-26)33(39)40-3/h4-21H,1-3H3. The highest BCUT2D eigenvalue weighted by Crippen LogP contribution is 2.28. The summed E-state index contributed by atoms with van der Waals surface area (Å²) in [6, 6.07) is 30.8. The molecule has 2 aromatic heterocycles. The van der Waals surface area contributed by atoms with Crippen LogP contribution in [0.5, 0.6) is 5.75 Å². The summed E-state index contributed by atoms with van der Waals surface area (Å²) in [6.45, 7) is 4.02. The lowest BCUT2D eigenvalue weighted by Crippen LogP contribution is -2.05. The van der Waals surface area contributed by atoms with Crippen LogP contribution in [0.3, 0.4) is 0 Å². The molecule has 0 bridgehead atoms. The summed E-state index contributed by atoms with van der Waals surface area (Å²) in [4.78, 5) is 26.5. The highest BCUT2D eigenvalue weighted by molar-refractivity contribution is 5.90. The molecule has 41 heavy (non-hydrogen) atoms. The molecule has 0 radical (unpaired) electrons. The van der Waals surface area contributed by atoms with Crippen LogP contribution in [-0.2, 0) is 4.74 Å². The lowest BCUT2D eigenvalue weighted by Gasteiger charge is -2.10. The Labute approximate surface area is 237 Å². The highest BCUT2D eigenvalue weighted by Gasteiger charge is 2.18. The van der Waals surface area contributed by atoms with Crippen LogP contribution >= 0.6 is 0 Å². The zero-order valence-electron chi connectivity index (χ0n) is 22.9. The number of esters is 1. The van der Waals surface area contributed by atoms with Crippen molar-refractivity contribution in [2.75, 3.05) is 7.11 Å². The molecule has 6 rings (SSSR count). The van der Waals surface area contributed by atoms with E-state index in [1.165, 1.54) is 7.11 Å². The number of carbonyl (C=O) groups excluding carboxylic acids is 1. The average molecular weight is 542 g/mol. The molecule has 4 aromatic carbocycles. The van der Waals surface area contributed by atoms with Crippen LogP contribution in [0.2, 0.25) is 0 Å². The zero-order chi connectivity index (χ0) is 28.3. The molecule has 0 saturated carbocycles. The fourth-order valence-electron chi connectivity index (χ4n) is 4.54. The lowest BCUT2D eigenvalue weighted by atomic mass is 10.0. The fraction of sp³-hybridized carbons (Fsp3) is 0.121. The summed E-state index contributed by atoms with van der Waals surface area (Å²) >= 11 is 0. The van der Waals surface area contributed by atoms with Crippen LogP contribution in [0, 0.1) is 0 Å². The maximum Gasteiger partial charge on any atom is 0.337 e. The van der Waals surface area contributed by atoms with Crippen molar-refractivity contribution in [3.63, 3.8) is 0 Å². The van der Waals surface area contributed by atoms with Crippen molar-refractivity contribution in [1.29, 1.82) is 0 Å². The number of para-hydroxylation sites is 2. The largest absolute Gasteiger partial charge is 0.491 e. The summed E-state index contributed by atoms with van der Waals surface area (Å²) in [5.74, 6) is 1.44. The molecule has 0 atom stereocenters. The third-order valence-electron chi connectivity index (χ3n) is 6.50. The lowest BCUT2D eigenvalue weighted by molar-refractivity contribution is 0.0600. The van der Waals surface area contributed by atoms with Crippen molar-refractivity contribution in [3.8, 4) is 45.5 Å². The third-order valence-corrected chi connectivity index (χ3v) is 6.50. The second-order valence-electron chi connectivity index (χ2n) is 9.73. The van der Waals surface area contributed by atoms with Gasteiger partial charge in [-0.1, -0.05) is 54.6 Å². The molecule has 0 aliphatic rings. The Morgan fingerprint density at radius 1 is 0.780 bits per heavy atom. The molecular formula is C33H27N5O3. The van der Waals surface area contributed by atoms with Gasteiger partial charge >= 0.3 is 5.97 Å². The van der Waals surface area contributed by atoms with E-state index in [1.807, 2.05) is 92.7 Å². The predicted octanol–water partition coefficient (Wildman–Crippen LogP) is 6.79. The zero-order valence-corrected chi connectivity index (χ0v) is 22.9. The first kappa shape index (κ1) is 25.9. The van der Waals surface area contributed by atoms with Gasteiger partial charge < -0.3 is 9.47 Å². The first-order valence-corrected chi connectivity index (χ1v) is 13.2. The fourth-order valence-corrected chi connectivity index (χ4v) is 4.54. The van der Waals surface area contributed by atoms with Gasteiger partial charge in [0.2, 0.25) is 0 Å². The highest BCUT2D eigenvalue weighted by atomic mass is 16.5. The summed E-state index contributed by atoms with van der Waals surface area (Å²) in [5, 5.41) is 4.84. The molecule has 0 fully saturated rings. The molecule has 0 aliphatic carbocycles. The minimum Gasteiger partial charge on any atom is -0.491 e. The van der Waals surface area contributed by atoms with Crippen molar-refractivity contribution in [1.82, 2.24) is 24.7 Å². The van der Waals surface area contributed by atoms with Gasteiger partial charge in [-0.3, -0.25) is 4.98 Å². The van der Waals surface area contributed by atoms with Crippen LogP contribution < -0.4 is 4.74 Å². The van der Waals surface area contributed by atoms with Gasteiger partial charge in [0, 0.05) is 5.56 Å². The Bertz CT molecular complexity index is 1840. The normalized spacial score (nSPS) is 11.1. The number of hydrogen-bond donors (Lipinski definition) is 0. The summed E-state index contributed by atoms with van der Waals surface area (Å²) in [6.07, 6.45) is 1.81. The minimum absolute atomic E-state index is 0.126. The van der Waals surface area contributed by atoms with Crippen LogP contribution in [0.1, 0.15) is 24.2 Å². The van der Waals surface area contributed by atoms with Gasteiger partial charge in [-0.25, -0.2) is 19.4 Å². The average Bonchev–Trinajstić information content (AvgIpc) is 3.46. The van der Waals surface area contributed by atoms with E-state index in [1.54, 1.807) is 29.1 Å². The molecule has 0 N–H and O–H groups in total. The van der Waals surface area contributed by atoms with E-state index in [9.17, 15) is 4.79 Å². The number of nitrogens with zero attached hydrogens (tertiary/aromatic N) is 5. The number of rotatable bonds is 7. The van der Waals surface area contributed by atoms with E-state index in [-0.39, 0.29) is 6.10 Å². The van der Waals surface area contributed by atoms with Gasteiger partial charge in [0.1, 0.15) is 11.4 Å². The first-order chi connectivity index (χ1) is 20.0. The topological polar surface area (TPSA) is 92.0 Å². The SMILES string of the molecule is COC(=O)c1cccc(-n2nc(-c3ccc(-c4ccc(OC(C)C)cc4)cc3)nc2-c2cnc3ccccc3n2)c1. The number of aromatic nitrogens is 5. The molecule has 0 aliphatic heterocycles. The molecule has 8 heteroatoms. The Hall–Kier alpha value is -5.37. The molecule has 0 amide bonds. The number of hydrogen-bond acceptors (Lipinski definition) is 7. The third kappa shape index (κ3) is 5.40. The van der Waals surface area contributed by atoms with Crippen molar-refractivity contribution >= 4 is 17.0 Å². The Morgan fingerprint density at radius 3 is 2.17 bits per heavy atom. The number of methoxy groups -OCH3 is 1. The maximum atomic E-state index is 12.2. The molecule has 6 aromatic rings. The molecule has 8 nitrogen and oxygen atoms in total. The number of fused-ring (bicyclic) bond motifs is 1. The van der Waals surface area contributed by atoms with Gasteiger partial charge in [-0.05, 0) is 67.4 Å². The van der Waals surface area contributed by atoms with Crippen LogP contribution in [-0.4, -0.2) is 43.9 Å². The van der Waals surface area contributed by atoms with E-state index in [0.717, 1.165) is 33.5 Å². The Morgan fingerprint density at radius 2 is 1.46 bits per heavy atom. The molecule has 0 unspecified atom stereocenters. The van der Waals surface area contributed by atoms with E-state index in [4.69, 9.17) is 24.5 Å². The molecule has 202 valence electrons. The molecule has 2 heterocycles. The first-order valence-electron chi connectivity index (χ1n) is 13.2. The van der Waals surface area contributed by atoms with E-state index in [0.29, 0.717) is 28.6 Å². The van der Waals surface area contributed by atoms with Crippen molar-refractivity contribution in [2.45, 2.75) is 20.0 Å². The van der Waals surface area contributed by atoms with E-state index in [2.05, 4.69) is 4.98 Å².